The fourth-order valence-electron chi connectivity index (χ4n) is 2.38. The molecule has 0 fully saturated rings. The van der Waals surface area contributed by atoms with Crippen LogP contribution in [0.5, 0.6) is 0 Å². The molecule has 0 aliphatic rings. The lowest BCUT2D eigenvalue weighted by Gasteiger charge is -2.40. The Bertz CT molecular complexity index is 233. The minimum Gasteiger partial charge on any atom is -0.373 e. The largest absolute Gasteiger partial charge is 0.519 e. The Labute approximate surface area is 137 Å². The third kappa shape index (κ3) is 7.04. The van der Waals surface area contributed by atoms with E-state index in [1.807, 2.05) is 34.6 Å². The summed E-state index contributed by atoms with van der Waals surface area (Å²) in [5, 5.41) is 0. The molecule has 0 amide bonds. The summed E-state index contributed by atoms with van der Waals surface area (Å²) in [6.45, 7) is 16.0. The molecule has 134 valence electrons. The van der Waals surface area contributed by atoms with Crippen molar-refractivity contribution in [2.24, 2.45) is 0 Å². The van der Waals surface area contributed by atoms with E-state index in [0.717, 1.165) is 6.42 Å². The van der Waals surface area contributed by atoms with E-state index in [9.17, 15) is 0 Å². The molecule has 0 aromatic carbocycles. The van der Waals surface area contributed by atoms with Gasteiger partial charge in [0.15, 0.2) is 0 Å². The predicted octanol–water partition coefficient (Wildman–Crippen LogP) is 2.64. The molecule has 1 atom stereocenters. The van der Waals surface area contributed by atoms with Crippen LogP contribution in [-0.2, 0) is 22.8 Å². The molecule has 0 N–H and O–H groups in total. The van der Waals surface area contributed by atoms with Gasteiger partial charge in [-0.15, -0.1) is 0 Å². The van der Waals surface area contributed by atoms with Crippen molar-refractivity contribution < 1.29 is 22.8 Å². The first-order chi connectivity index (χ1) is 10.7. The van der Waals surface area contributed by atoms with E-state index in [0.29, 0.717) is 46.5 Å². The molecule has 0 heterocycles. The summed E-state index contributed by atoms with van der Waals surface area (Å²) in [4.78, 5) is 2.13. The highest BCUT2D eigenvalue weighted by atomic mass is 28.4. The lowest BCUT2D eigenvalue weighted by atomic mass is 10.4. The predicted molar refractivity (Wildman–Crippen MR) is 89.5 cm³/mol. The third-order valence-corrected chi connectivity index (χ3v) is 6.86. The first-order valence-corrected chi connectivity index (χ1v) is 10.3. The smallest absolute Gasteiger partial charge is 0.373 e. The maximum atomic E-state index is 6.05. The van der Waals surface area contributed by atoms with E-state index in [-0.39, 0.29) is 5.67 Å². The molecule has 0 aliphatic carbocycles. The van der Waals surface area contributed by atoms with E-state index in [4.69, 9.17) is 22.8 Å². The van der Waals surface area contributed by atoms with Crippen LogP contribution in [0.2, 0.25) is 0 Å². The zero-order valence-corrected chi connectivity index (χ0v) is 16.2. The second kappa shape index (κ2) is 13.4. The molecule has 0 aromatic rings. The normalized spacial score (nSPS) is 13.8. The molecule has 22 heavy (non-hydrogen) atoms. The highest BCUT2D eigenvalue weighted by Crippen LogP contribution is 2.23. The summed E-state index contributed by atoms with van der Waals surface area (Å²) in [5.74, 6) is 0. The Morgan fingerprint density at radius 1 is 0.682 bits per heavy atom. The molecule has 0 saturated carbocycles. The third-order valence-electron chi connectivity index (χ3n) is 3.19. The van der Waals surface area contributed by atoms with Crippen LogP contribution in [0.25, 0.3) is 0 Å². The number of rotatable bonds is 15. The molecule has 0 rings (SSSR count). The Balaban J connectivity index is 5.30. The highest BCUT2D eigenvalue weighted by molar-refractivity contribution is 6.62. The average molecular weight is 338 g/mol. The number of nitrogens with zero attached hydrogens (tertiary/aromatic N) is 1. The van der Waals surface area contributed by atoms with Crippen molar-refractivity contribution in [2.45, 2.75) is 53.6 Å². The second-order valence-corrected chi connectivity index (χ2v) is 7.40. The molecule has 0 spiro atoms. The van der Waals surface area contributed by atoms with E-state index in [1.54, 1.807) is 0 Å². The van der Waals surface area contributed by atoms with Crippen molar-refractivity contribution in [3.8, 4) is 0 Å². The minimum atomic E-state index is -2.82. The van der Waals surface area contributed by atoms with E-state index in [2.05, 4.69) is 11.8 Å². The summed E-state index contributed by atoms with van der Waals surface area (Å²) >= 11 is 0. The zero-order chi connectivity index (χ0) is 16.8. The van der Waals surface area contributed by atoms with Gasteiger partial charge in [0.2, 0.25) is 0 Å². The minimum absolute atomic E-state index is 0.0189. The second-order valence-electron chi connectivity index (χ2n) is 4.66. The van der Waals surface area contributed by atoms with E-state index in [1.165, 1.54) is 0 Å². The Kier molecular flexibility index (Phi) is 13.4. The van der Waals surface area contributed by atoms with Crippen LogP contribution < -0.4 is 0 Å². The lowest BCUT2D eigenvalue weighted by molar-refractivity contribution is -0.0697. The van der Waals surface area contributed by atoms with Crippen LogP contribution in [0, 0.1) is 0 Å². The molecular weight excluding hydrogens is 302 g/mol. The summed E-state index contributed by atoms with van der Waals surface area (Å²) in [7, 11) is -2.82. The summed E-state index contributed by atoms with van der Waals surface area (Å²) in [6, 6.07) is 0. The average Bonchev–Trinajstić information content (AvgIpc) is 2.50. The van der Waals surface area contributed by atoms with Crippen LogP contribution in [0.1, 0.15) is 48.0 Å². The Hall–Kier alpha value is -0.0231. The van der Waals surface area contributed by atoms with Crippen molar-refractivity contribution in [1.82, 2.24) is 4.90 Å². The maximum absolute atomic E-state index is 6.05. The molecule has 7 heteroatoms. The molecule has 0 radical (unpaired) electrons. The van der Waals surface area contributed by atoms with E-state index < -0.39 is 8.80 Å². The van der Waals surface area contributed by atoms with Crippen LogP contribution in [0.4, 0.5) is 0 Å². The molecule has 0 aromatic heterocycles. The molecule has 1 unspecified atom stereocenters. The van der Waals surface area contributed by atoms with Crippen LogP contribution in [-0.4, -0.2) is 65.9 Å². The molecule has 0 saturated heterocycles. The van der Waals surface area contributed by atoms with Crippen molar-refractivity contribution in [3.63, 3.8) is 0 Å². The van der Waals surface area contributed by atoms with Crippen molar-refractivity contribution in [2.75, 3.05) is 46.5 Å². The summed E-state index contributed by atoms with van der Waals surface area (Å²) in [5.41, 5.74) is 0.0189. The first-order valence-electron chi connectivity index (χ1n) is 8.46. The van der Waals surface area contributed by atoms with Gasteiger partial charge < -0.3 is 22.8 Å². The van der Waals surface area contributed by atoms with Crippen LogP contribution in [0.3, 0.4) is 0 Å². The van der Waals surface area contributed by atoms with Crippen molar-refractivity contribution in [3.05, 3.63) is 0 Å². The highest BCUT2D eigenvalue weighted by Gasteiger charge is 2.51. The molecule has 6 nitrogen and oxygen atoms in total. The Morgan fingerprint density at radius 2 is 1.09 bits per heavy atom. The Morgan fingerprint density at radius 3 is 1.36 bits per heavy atom. The van der Waals surface area contributed by atoms with Gasteiger partial charge in [-0.25, -0.2) is 0 Å². The van der Waals surface area contributed by atoms with Gasteiger partial charge in [-0.2, -0.15) is 0 Å². The zero-order valence-electron chi connectivity index (χ0n) is 15.2. The lowest BCUT2D eigenvalue weighted by Crippen LogP contribution is -2.63. The van der Waals surface area contributed by atoms with Gasteiger partial charge in [-0.05, 0) is 41.0 Å². The van der Waals surface area contributed by atoms with Gasteiger partial charge in [0, 0.05) is 33.0 Å². The van der Waals surface area contributed by atoms with Gasteiger partial charge in [-0.3, -0.25) is 4.90 Å². The number of hydrogen-bond acceptors (Lipinski definition) is 6. The van der Waals surface area contributed by atoms with Gasteiger partial charge in [0.05, 0.1) is 5.67 Å². The molecular formula is C15H35NO5Si. The maximum Gasteiger partial charge on any atom is 0.519 e. The first kappa shape index (κ1) is 22.0. The standard InChI is InChI=1S/C15H35NO5Si/c1-7-15(16(13-17-8-2)14-18-9-3)22(19-10-4,20-11-5)21-12-6/h15H,7-14H2,1-6H3. The number of hydrogen-bond donors (Lipinski definition) is 0. The van der Waals surface area contributed by atoms with Gasteiger partial charge >= 0.3 is 8.80 Å². The summed E-state index contributed by atoms with van der Waals surface area (Å²) < 4.78 is 29.4. The summed E-state index contributed by atoms with van der Waals surface area (Å²) in [6.07, 6.45) is 0.854. The molecule has 0 aliphatic heterocycles. The van der Waals surface area contributed by atoms with Crippen molar-refractivity contribution in [1.29, 1.82) is 0 Å². The topological polar surface area (TPSA) is 49.4 Å². The SMILES string of the molecule is CCOCN(COCC)C(CC)[Si](OCC)(OCC)OCC. The van der Waals surface area contributed by atoms with E-state index >= 15 is 0 Å². The van der Waals surface area contributed by atoms with Gasteiger partial charge in [0.1, 0.15) is 13.5 Å². The van der Waals surface area contributed by atoms with Crippen molar-refractivity contribution >= 4 is 8.80 Å². The van der Waals surface area contributed by atoms with Crippen LogP contribution in [0.15, 0.2) is 0 Å². The molecule has 0 bridgehead atoms. The van der Waals surface area contributed by atoms with Gasteiger partial charge in [0.25, 0.3) is 0 Å². The monoisotopic (exact) mass is 337 g/mol. The fourth-order valence-corrected chi connectivity index (χ4v) is 5.51. The van der Waals surface area contributed by atoms with Crippen LogP contribution >= 0.6 is 0 Å². The quantitative estimate of drug-likeness (QED) is 0.338. The van der Waals surface area contributed by atoms with Gasteiger partial charge in [-0.1, -0.05) is 6.92 Å². The fraction of sp³-hybridized carbons (Fsp3) is 1.00. The number of ether oxygens (including phenoxy) is 2.